The van der Waals surface area contributed by atoms with Gasteiger partial charge in [-0.25, -0.2) is 4.79 Å². The molecule has 1 unspecified atom stereocenters. The van der Waals surface area contributed by atoms with E-state index in [4.69, 9.17) is 4.42 Å². The van der Waals surface area contributed by atoms with Crippen LogP contribution in [0.5, 0.6) is 0 Å². The molecule has 3 rings (SSSR count). The molecule has 3 aromatic rings. The van der Waals surface area contributed by atoms with E-state index >= 15 is 0 Å². The van der Waals surface area contributed by atoms with E-state index < -0.39 is 12.1 Å². The second-order valence-electron chi connectivity index (χ2n) is 6.00. The molecular weight excluding hydrogens is 342 g/mol. The summed E-state index contributed by atoms with van der Waals surface area (Å²) in [6.45, 7) is 0.263. The lowest BCUT2D eigenvalue weighted by Crippen LogP contribution is -2.49. The zero-order chi connectivity index (χ0) is 18.9. The van der Waals surface area contributed by atoms with Crippen molar-refractivity contribution >= 4 is 17.6 Å². The molecular formula is C21H21N3O3. The summed E-state index contributed by atoms with van der Waals surface area (Å²) in [6, 6.07) is 21.0. The number of para-hydroxylation sites is 1. The van der Waals surface area contributed by atoms with E-state index in [1.165, 1.54) is 0 Å². The minimum absolute atomic E-state index is 0.263. The van der Waals surface area contributed by atoms with Gasteiger partial charge in [-0.15, -0.1) is 0 Å². The number of amides is 3. The summed E-state index contributed by atoms with van der Waals surface area (Å²) < 4.78 is 5.23. The number of carbonyl (C=O) groups is 2. The van der Waals surface area contributed by atoms with Gasteiger partial charge in [0.05, 0.1) is 12.8 Å². The summed E-state index contributed by atoms with van der Waals surface area (Å²) in [6.07, 6.45) is 1.93. The number of rotatable bonds is 7. The Balaban J connectivity index is 1.64. The van der Waals surface area contributed by atoms with Gasteiger partial charge in [-0.3, -0.25) is 4.79 Å². The van der Waals surface area contributed by atoms with Crippen molar-refractivity contribution in [1.82, 2.24) is 10.6 Å². The monoisotopic (exact) mass is 363 g/mol. The quantitative estimate of drug-likeness (QED) is 0.602. The first-order valence-electron chi connectivity index (χ1n) is 8.67. The van der Waals surface area contributed by atoms with Crippen LogP contribution in [0.4, 0.5) is 10.5 Å². The lowest BCUT2D eigenvalue weighted by atomic mass is 10.1. The van der Waals surface area contributed by atoms with Crippen LogP contribution in [0.3, 0.4) is 0 Å². The van der Waals surface area contributed by atoms with Crippen LogP contribution in [-0.2, 0) is 17.8 Å². The van der Waals surface area contributed by atoms with Crippen LogP contribution in [0.1, 0.15) is 11.3 Å². The first kappa shape index (κ1) is 18.3. The van der Waals surface area contributed by atoms with Crippen molar-refractivity contribution in [2.45, 2.75) is 19.0 Å². The van der Waals surface area contributed by atoms with Crippen LogP contribution in [0, 0.1) is 0 Å². The first-order chi connectivity index (χ1) is 13.2. The van der Waals surface area contributed by atoms with Gasteiger partial charge in [0.25, 0.3) is 0 Å². The van der Waals surface area contributed by atoms with E-state index in [2.05, 4.69) is 16.0 Å². The standard InChI is InChI=1S/C21H21N3O3/c25-20(22-15-18-12-7-13-27-18)19(14-16-8-3-1-4-9-16)24-21(26)23-17-10-5-2-6-11-17/h1-13,19H,14-15H2,(H,22,25)(H2,23,24,26). The van der Waals surface area contributed by atoms with Crippen molar-refractivity contribution in [3.8, 4) is 0 Å². The van der Waals surface area contributed by atoms with Crippen molar-refractivity contribution in [2.75, 3.05) is 5.32 Å². The number of furan rings is 1. The lowest BCUT2D eigenvalue weighted by molar-refractivity contribution is -0.123. The van der Waals surface area contributed by atoms with Crippen molar-refractivity contribution in [1.29, 1.82) is 0 Å². The van der Waals surface area contributed by atoms with Crippen molar-refractivity contribution < 1.29 is 14.0 Å². The van der Waals surface area contributed by atoms with E-state index in [-0.39, 0.29) is 12.5 Å². The molecule has 0 fully saturated rings. The lowest BCUT2D eigenvalue weighted by Gasteiger charge is -2.19. The topological polar surface area (TPSA) is 83.4 Å². The van der Waals surface area contributed by atoms with Gasteiger partial charge in [-0.1, -0.05) is 48.5 Å². The maximum atomic E-state index is 12.6. The third kappa shape index (κ3) is 5.74. The Hall–Kier alpha value is -3.54. The predicted molar refractivity (Wildman–Crippen MR) is 103 cm³/mol. The molecule has 0 aliphatic heterocycles. The molecule has 1 heterocycles. The Morgan fingerprint density at radius 3 is 2.26 bits per heavy atom. The number of hydrogen-bond acceptors (Lipinski definition) is 3. The van der Waals surface area contributed by atoms with Gasteiger partial charge < -0.3 is 20.4 Å². The highest BCUT2D eigenvalue weighted by Gasteiger charge is 2.21. The molecule has 0 saturated heterocycles. The van der Waals surface area contributed by atoms with E-state index in [9.17, 15) is 9.59 Å². The molecule has 0 aliphatic carbocycles. The summed E-state index contributed by atoms with van der Waals surface area (Å²) in [5.74, 6) is 0.369. The SMILES string of the molecule is O=C(Nc1ccccc1)NC(Cc1ccccc1)C(=O)NCc1ccco1. The predicted octanol–water partition coefficient (Wildman–Crippen LogP) is 3.33. The number of urea groups is 1. The molecule has 2 aromatic carbocycles. The maximum Gasteiger partial charge on any atom is 0.319 e. The molecule has 6 nitrogen and oxygen atoms in total. The van der Waals surface area contributed by atoms with Crippen LogP contribution in [0.15, 0.2) is 83.5 Å². The average molecular weight is 363 g/mol. The number of benzene rings is 2. The molecule has 0 bridgehead atoms. The number of anilines is 1. The summed E-state index contributed by atoms with van der Waals surface area (Å²) in [5, 5.41) is 8.28. The third-order valence-electron chi connectivity index (χ3n) is 3.95. The van der Waals surface area contributed by atoms with Crippen molar-refractivity contribution in [3.63, 3.8) is 0 Å². The van der Waals surface area contributed by atoms with E-state index in [0.29, 0.717) is 17.9 Å². The van der Waals surface area contributed by atoms with E-state index in [0.717, 1.165) is 5.56 Å². The second-order valence-corrected chi connectivity index (χ2v) is 6.00. The smallest absolute Gasteiger partial charge is 0.319 e. The van der Waals surface area contributed by atoms with Gasteiger partial charge in [-0.05, 0) is 29.8 Å². The van der Waals surface area contributed by atoms with Crippen LogP contribution in [-0.4, -0.2) is 18.0 Å². The highest BCUT2D eigenvalue weighted by Crippen LogP contribution is 2.07. The van der Waals surface area contributed by atoms with Gasteiger partial charge in [-0.2, -0.15) is 0 Å². The fourth-order valence-electron chi connectivity index (χ4n) is 2.62. The van der Waals surface area contributed by atoms with Crippen LogP contribution >= 0.6 is 0 Å². The zero-order valence-corrected chi connectivity index (χ0v) is 14.7. The molecule has 0 spiro atoms. The highest BCUT2D eigenvalue weighted by atomic mass is 16.3. The normalized spacial score (nSPS) is 11.4. The first-order valence-corrected chi connectivity index (χ1v) is 8.67. The molecule has 0 radical (unpaired) electrons. The number of hydrogen-bond donors (Lipinski definition) is 3. The van der Waals surface area contributed by atoms with Crippen LogP contribution in [0.2, 0.25) is 0 Å². The largest absolute Gasteiger partial charge is 0.467 e. The second kappa shape index (κ2) is 9.24. The molecule has 27 heavy (non-hydrogen) atoms. The number of nitrogens with one attached hydrogen (secondary N) is 3. The van der Waals surface area contributed by atoms with Crippen LogP contribution < -0.4 is 16.0 Å². The summed E-state index contributed by atoms with van der Waals surface area (Å²) in [7, 11) is 0. The van der Waals surface area contributed by atoms with Crippen molar-refractivity contribution in [3.05, 3.63) is 90.4 Å². The molecule has 6 heteroatoms. The maximum absolute atomic E-state index is 12.6. The molecule has 1 atom stereocenters. The molecule has 0 saturated carbocycles. The molecule has 0 aliphatic rings. The fourth-order valence-corrected chi connectivity index (χ4v) is 2.62. The zero-order valence-electron chi connectivity index (χ0n) is 14.7. The van der Waals surface area contributed by atoms with Gasteiger partial charge in [0.2, 0.25) is 5.91 Å². The van der Waals surface area contributed by atoms with Crippen LogP contribution in [0.25, 0.3) is 0 Å². The van der Waals surface area contributed by atoms with Gasteiger partial charge in [0.1, 0.15) is 11.8 Å². The van der Waals surface area contributed by atoms with Gasteiger partial charge in [0.15, 0.2) is 0 Å². The minimum atomic E-state index is -0.717. The summed E-state index contributed by atoms with van der Waals surface area (Å²) in [4.78, 5) is 25.0. The van der Waals surface area contributed by atoms with E-state index in [1.54, 1.807) is 30.5 Å². The third-order valence-corrected chi connectivity index (χ3v) is 3.95. The van der Waals surface area contributed by atoms with Gasteiger partial charge in [0, 0.05) is 12.1 Å². The molecule has 138 valence electrons. The molecule has 3 N–H and O–H groups in total. The summed E-state index contributed by atoms with van der Waals surface area (Å²) in [5.41, 5.74) is 1.61. The minimum Gasteiger partial charge on any atom is -0.467 e. The Kier molecular flexibility index (Phi) is 6.25. The average Bonchev–Trinajstić information content (AvgIpc) is 3.21. The van der Waals surface area contributed by atoms with Crippen molar-refractivity contribution in [2.24, 2.45) is 0 Å². The number of carbonyl (C=O) groups excluding carboxylic acids is 2. The van der Waals surface area contributed by atoms with E-state index in [1.807, 2.05) is 48.5 Å². The molecule has 3 amide bonds. The molecule has 1 aromatic heterocycles. The Labute approximate surface area is 157 Å². The Morgan fingerprint density at radius 2 is 1.59 bits per heavy atom. The Bertz CT molecular complexity index is 849. The summed E-state index contributed by atoms with van der Waals surface area (Å²) >= 11 is 0. The van der Waals surface area contributed by atoms with Gasteiger partial charge >= 0.3 is 6.03 Å². The Morgan fingerprint density at radius 1 is 0.889 bits per heavy atom. The fraction of sp³-hybridized carbons (Fsp3) is 0.143. The highest BCUT2D eigenvalue weighted by molar-refractivity contribution is 5.93.